The largest absolute Gasteiger partial charge is 0.0651 e. The van der Waals surface area contributed by atoms with Crippen LogP contribution in [0.3, 0.4) is 0 Å². The Labute approximate surface area is 134 Å². The highest BCUT2D eigenvalue weighted by atomic mass is 14.3. The lowest BCUT2D eigenvalue weighted by Crippen LogP contribution is -1.97. The van der Waals surface area contributed by atoms with Crippen LogP contribution in [0.1, 0.15) is 50.3 Å². The summed E-state index contributed by atoms with van der Waals surface area (Å²) in [5, 5.41) is 0. The molecule has 0 aliphatic heterocycles. The van der Waals surface area contributed by atoms with Crippen LogP contribution >= 0.6 is 0 Å². The SMILES string of the molecule is CCCc1ccc2c(c1-c1ccccc1)C=C(C(C)CC)C2. The standard InChI is InChI=1S/C22H26/c1-4-9-17-12-13-19-14-20(16(3)5-2)15-21(19)22(17)18-10-7-6-8-11-18/h6-8,10-13,15-16H,4-5,9,14H2,1-3H3. The zero-order chi connectivity index (χ0) is 15.5. The number of hydrogen-bond donors (Lipinski definition) is 0. The molecule has 0 aromatic heterocycles. The van der Waals surface area contributed by atoms with Gasteiger partial charge in [0.1, 0.15) is 0 Å². The molecular weight excluding hydrogens is 264 g/mol. The van der Waals surface area contributed by atoms with Crippen LogP contribution in [0.15, 0.2) is 48.0 Å². The summed E-state index contributed by atoms with van der Waals surface area (Å²) in [5.41, 5.74) is 8.92. The number of aryl methyl sites for hydroxylation is 1. The van der Waals surface area contributed by atoms with E-state index in [-0.39, 0.29) is 0 Å². The monoisotopic (exact) mass is 290 g/mol. The van der Waals surface area contributed by atoms with E-state index in [0.717, 1.165) is 12.8 Å². The van der Waals surface area contributed by atoms with Crippen LogP contribution in [0, 0.1) is 5.92 Å². The maximum atomic E-state index is 2.48. The summed E-state index contributed by atoms with van der Waals surface area (Å²) in [6, 6.07) is 15.6. The van der Waals surface area contributed by atoms with Crippen molar-refractivity contribution in [3.63, 3.8) is 0 Å². The number of benzene rings is 2. The van der Waals surface area contributed by atoms with Gasteiger partial charge in [0.15, 0.2) is 0 Å². The molecule has 2 aromatic carbocycles. The molecule has 1 aliphatic rings. The van der Waals surface area contributed by atoms with Crippen molar-refractivity contribution in [2.45, 2.75) is 46.5 Å². The second-order valence-electron chi connectivity index (χ2n) is 6.49. The van der Waals surface area contributed by atoms with E-state index in [2.05, 4.69) is 69.3 Å². The molecule has 0 amide bonds. The van der Waals surface area contributed by atoms with Gasteiger partial charge in [0, 0.05) is 0 Å². The van der Waals surface area contributed by atoms with Crippen LogP contribution in [0.5, 0.6) is 0 Å². The predicted molar refractivity (Wildman–Crippen MR) is 97.0 cm³/mol. The van der Waals surface area contributed by atoms with E-state index < -0.39 is 0 Å². The molecule has 1 atom stereocenters. The van der Waals surface area contributed by atoms with Gasteiger partial charge in [0.2, 0.25) is 0 Å². The number of rotatable bonds is 5. The molecule has 1 unspecified atom stereocenters. The van der Waals surface area contributed by atoms with Crippen molar-refractivity contribution in [2.24, 2.45) is 5.92 Å². The van der Waals surface area contributed by atoms with E-state index in [1.54, 1.807) is 5.57 Å². The van der Waals surface area contributed by atoms with Crippen molar-refractivity contribution in [3.05, 3.63) is 64.7 Å². The van der Waals surface area contributed by atoms with Gasteiger partial charge in [-0.3, -0.25) is 0 Å². The van der Waals surface area contributed by atoms with Crippen LogP contribution < -0.4 is 0 Å². The Morgan fingerprint density at radius 1 is 1.00 bits per heavy atom. The molecular formula is C22H26. The van der Waals surface area contributed by atoms with Crippen molar-refractivity contribution >= 4 is 6.08 Å². The molecule has 2 aromatic rings. The molecule has 0 saturated heterocycles. The van der Waals surface area contributed by atoms with Gasteiger partial charge in [-0.15, -0.1) is 0 Å². The molecule has 0 bridgehead atoms. The van der Waals surface area contributed by atoms with E-state index >= 15 is 0 Å². The maximum absolute atomic E-state index is 2.48. The minimum absolute atomic E-state index is 0.686. The van der Waals surface area contributed by atoms with Crippen molar-refractivity contribution in [1.82, 2.24) is 0 Å². The first-order valence-electron chi connectivity index (χ1n) is 8.65. The Morgan fingerprint density at radius 2 is 1.77 bits per heavy atom. The Balaban J connectivity index is 2.15. The second-order valence-corrected chi connectivity index (χ2v) is 6.49. The molecule has 0 spiro atoms. The Bertz CT molecular complexity index is 677. The molecule has 0 radical (unpaired) electrons. The average Bonchev–Trinajstić information content (AvgIpc) is 2.99. The smallest absolute Gasteiger partial charge is 0.00549 e. The van der Waals surface area contributed by atoms with E-state index in [0.29, 0.717) is 5.92 Å². The first kappa shape index (κ1) is 15.1. The molecule has 1 aliphatic carbocycles. The molecule has 3 rings (SSSR count). The minimum atomic E-state index is 0.686. The van der Waals surface area contributed by atoms with Gasteiger partial charge < -0.3 is 0 Å². The highest BCUT2D eigenvalue weighted by Crippen LogP contribution is 2.39. The molecule has 114 valence electrons. The summed E-state index contributed by atoms with van der Waals surface area (Å²) < 4.78 is 0. The van der Waals surface area contributed by atoms with E-state index in [4.69, 9.17) is 0 Å². The molecule has 0 saturated carbocycles. The molecule has 0 fully saturated rings. The average molecular weight is 290 g/mol. The van der Waals surface area contributed by atoms with Gasteiger partial charge in [-0.05, 0) is 53.0 Å². The minimum Gasteiger partial charge on any atom is -0.0651 e. The summed E-state index contributed by atoms with van der Waals surface area (Å²) in [4.78, 5) is 0. The van der Waals surface area contributed by atoms with Gasteiger partial charge >= 0.3 is 0 Å². The van der Waals surface area contributed by atoms with E-state index in [1.165, 1.54) is 40.7 Å². The predicted octanol–water partition coefficient (Wildman–Crippen LogP) is 6.29. The first-order chi connectivity index (χ1) is 10.7. The number of fused-ring (bicyclic) bond motifs is 1. The molecule has 22 heavy (non-hydrogen) atoms. The Morgan fingerprint density at radius 3 is 2.45 bits per heavy atom. The second kappa shape index (κ2) is 6.52. The fourth-order valence-electron chi connectivity index (χ4n) is 3.49. The van der Waals surface area contributed by atoms with Crippen molar-refractivity contribution in [3.8, 4) is 11.1 Å². The quantitative estimate of drug-likeness (QED) is 0.607. The van der Waals surface area contributed by atoms with Crippen molar-refractivity contribution in [1.29, 1.82) is 0 Å². The third-order valence-corrected chi connectivity index (χ3v) is 4.97. The summed E-state index contributed by atoms with van der Waals surface area (Å²) in [6.45, 7) is 6.91. The fraction of sp³-hybridized carbons (Fsp3) is 0.364. The fourth-order valence-corrected chi connectivity index (χ4v) is 3.49. The van der Waals surface area contributed by atoms with Crippen LogP contribution in [-0.2, 0) is 12.8 Å². The van der Waals surface area contributed by atoms with Gasteiger partial charge in [-0.1, -0.05) is 81.3 Å². The van der Waals surface area contributed by atoms with Gasteiger partial charge in [0.25, 0.3) is 0 Å². The molecule has 0 heteroatoms. The first-order valence-corrected chi connectivity index (χ1v) is 8.65. The lowest BCUT2D eigenvalue weighted by Gasteiger charge is -2.14. The van der Waals surface area contributed by atoms with Gasteiger partial charge in [-0.25, -0.2) is 0 Å². The van der Waals surface area contributed by atoms with Crippen molar-refractivity contribution < 1.29 is 0 Å². The van der Waals surface area contributed by atoms with Crippen LogP contribution in [0.2, 0.25) is 0 Å². The molecule has 0 heterocycles. The van der Waals surface area contributed by atoms with Gasteiger partial charge in [-0.2, -0.15) is 0 Å². The summed E-state index contributed by atoms with van der Waals surface area (Å²) in [6.07, 6.45) is 7.19. The van der Waals surface area contributed by atoms with Crippen LogP contribution in [-0.4, -0.2) is 0 Å². The zero-order valence-electron chi connectivity index (χ0n) is 14.0. The van der Waals surface area contributed by atoms with Crippen LogP contribution in [0.25, 0.3) is 17.2 Å². The lowest BCUT2D eigenvalue weighted by molar-refractivity contribution is 0.647. The Hall–Kier alpha value is -1.82. The number of allylic oxidation sites excluding steroid dienone is 1. The topological polar surface area (TPSA) is 0 Å². The Kier molecular flexibility index (Phi) is 4.47. The summed E-state index contributed by atoms with van der Waals surface area (Å²) >= 11 is 0. The zero-order valence-corrected chi connectivity index (χ0v) is 14.0. The molecule has 0 nitrogen and oxygen atoms in total. The van der Waals surface area contributed by atoms with Crippen LogP contribution in [0.4, 0.5) is 0 Å². The highest BCUT2D eigenvalue weighted by Gasteiger charge is 2.21. The normalized spacial score (nSPS) is 14.6. The highest BCUT2D eigenvalue weighted by molar-refractivity contribution is 5.83. The van der Waals surface area contributed by atoms with E-state index in [1.807, 2.05) is 0 Å². The molecule has 0 N–H and O–H groups in total. The van der Waals surface area contributed by atoms with E-state index in [9.17, 15) is 0 Å². The summed E-state index contributed by atoms with van der Waals surface area (Å²) in [7, 11) is 0. The number of hydrogen-bond acceptors (Lipinski definition) is 0. The lowest BCUT2D eigenvalue weighted by atomic mass is 9.90. The van der Waals surface area contributed by atoms with Crippen molar-refractivity contribution in [2.75, 3.05) is 0 Å². The van der Waals surface area contributed by atoms with Gasteiger partial charge in [0.05, 0.1) is 0 Å². The maximum Gasteiger partial charge on any atom is -0.00549 e. The summed E-state index contributed by atoms with van der Waals surface area (Å²) in [5.74, 6) is 0.686. The third-order valence-electron chi connectivity index (χ3n) is 4.97. The third kappa shape index (κ3) is 2.75.